The number of piperidine rings is 1. The molecule has 0 bridgehead atoms. The molecule has 1 N–H and O–H groups in total. The fourth-order valence-corrected chi connectivity index (χ4v) is 2.55. The quantitative estimate of drug-likeness (QED) is 0.916. The van der Waals surface area contributed by atoms with Gasteiger partial charge in [0, 0.05) is 19.2 Å². The summed E-state index contributed by atoms with van der Waals surface area (Å²) in [6.07, 6.45) is -1.87. The van der Waals surface area contributed by atoms with E-state index in [0.29, 0.717) is 13.1 Å². The van der Waals surface area contributed by atoms with Gasteiger partial charge in [0.15, 0.2) is 5.82 Å². The summed E-state index contributed by atoms with van der Waals surface area (Å²) in [5.41, 5.74) is -1.18. The highest BCUT2D eigenvalue weighted by molar-refractivity contribution is 5.59. The van der Waals surface area contributed by atoms with Crippen molar-refractivity contribution in [1.82, 2.24) is 20.4 Å². The van der Waals surface area contributed by atoms with Crippen LogP contribution < -0.4 is 10.5 Å². The zero-order valence-corrected chi connectivity index (χ0v) is 12.1. The number of hydrogen-bond donors (Lipinski definition) is 1. The number of nitrogens with one attached hydrogen (secondary N) is 1. The van der Waals surface area contributed by atoms with E-state index in [-0.39, 0.29) is 17.2 Å². The minimum Gasteiger partial charge on any atom is -0.355 e. The lowest BCUT2D eigenvalue weighted by Gasteiger charge is -2.29. The standard InChI is InChI=1S/C14H14F3N5O/c15-14(16,17)9-8-11(10-4-5-12(23)20-18-10)19-21-13(9)22-6-2-1-3-7-22/h4-5,8H,1-3,6-7H2,(H,20,23). The molecule has 2 aromatic rings. The molecule has 0 unspecified atom stereocenters. The molecule has 9 heteroatoms. The smallest absolute Gasteiger partial charge is 0.355 e. The number of hydrogen-bond acceptors (Lipinski definition) is 5. The number of alkyl halides is 3. The third-order valence-electron chi connectivity index (χ3n) is 3.68. The van der Waals surface area contributed by atoms with Crippen molar-refractivity contribution < 1.29 is 13.2 Å². The zero-order valence-electron chi connectivity index (χ0n) is 12.1. The summed E-state index contributed by atoms with van der Waals surface area (Å²) in [4.78, 5) is 12.6. The molecular formula is C14H14F3N5O. The van der Waals surface area contributed by atoms with Crippen molar-refractivity contribution in [2.75, 3.05) is 18.0 Å². The highest BCUT2D eigenvalue weighted by atomic mass is 19.4. The Labute approximate surface area is 129 Å². The number of nitrogens with zero attached hydrogens (tertiary/aromatic N) is 4. The Morgan fingerprint density at radius 2 is 1.78 bits per heavy atom. The predicted molar refractivity (Wildman–Crippen MR) is 76.9 cm³/mol. The topological polar surface area (TPSA) is 74.8 Å². The molecule has 0 amide bonds. The molecule has 1 fully saturated rings. The number of anilines is 1. The van der Waals surface area contributed by atoms with Gasteiger partial charge in [-0.15, -0.1) is 10.2 Å². The minimum absolute atomic E-state index is 0.0330. The first-order valence-electron chi connectivity index (χ1n) is 7.21. The van der Waals surface area contributed by atoms with Crippen LogP contribution in [0.15, 0.2) is 23.0 Å². The maximum atomic E-state index is 13.4. The van der Waals surface area contributed by atoms with E-state index in [0.717, 1.165) is 25.3 Å². The Balaban J connectivity index is 2.04. The molecule has 122 valence electrons. The van der Waals surface area contributed by atoms with Crippen molar-refractivity contribution in [2.24, 2.45) is 0 Å². The maximum absolute atomic E-state index is 13.4. The molecule has 1 saturated heterocycles. The molecule has 3 heterocycles. The summed E-state index contributed by atoms with van der Waals surface area (Å²) < 4.78 is 40.2. The van der Waals surface area contributed by atoms with Crippen LogP contribution in [0.3, 0.4) is 0 Å². The number of H-pyrrole nitrogens is 1. The van der Waals surface area contributed by atoms with Crippen LogP contribution in [0.5, 0.6) is 0 Å². The van der Waals surface area contributed by atoms with Gasteiger partial charge in [0.1, 0.15) is 17.0 Å². The van der Waals surface area contributed by atoms with Crippen LogP contribution in [0.1, 0.15) is 24.8 Å². The van der Waals surface area contributed by atoms with Crippen LogP contribution in [-0.4, -0.2) is 33.5 Å². The van der Waals surface area contributed by atoms with Gasteiger partial charge >= 0.3 is 6.18 Å². The zero-order chi connectivity index (χ0) is 16.4. The number of rotatable bonds is 2. The molecule has 0 radical (unpaired) electrons. The Morgan fingerprint density at radius 1 is 1.04 bits per heavy atom. The lowest BCUT2D eigenvalue weighted by Crippen LogP contribution is -2.32. The summed E-state index contributed by atoms with van der Waals surface area (Å²) in [6, 6.07) is 3.41. The second kappa shape index (κ2) is 5.98. The molecule has 3 rings (SSSR count). The van der Waals surface area contributed by atoms with E-state index in [1.165, 1.54) is 12.1 Å². The number of aromatic amines is 1. The van der Waals surface area contributed by atoms with Gasteiger partial charge < -0.3 is 4.90 Å². The molecule has 0 saturated carbocycles. The van der Waals surface area contributed by atoms with Gasteiger partial charge in [-0.05, 0) is 31.4 Å². The fourth-order valence-electron chi connectivity index (χ4n) is 2.55. The van der Waals surface area contributed by atoms with Gasteiger partial charge in [0.05, 0.1) is 0 Å². The third-order valence-corrected chi connectivity index (χ3v) is 3.68. The van der Waals surface area contributed by atoms with Crippen molar-refractivity contribution in [2.45, 2.75) is 25.4 Å². The first kappa shape index (κ1) is 15.4. The van der Waals surface area contributed by atoms with E-state index in [9.17, 15) is 18.0 Å². The van der Waals surface area contributed by atoms with Crippen LogP contribution in [0.25, 0.3) is 11.4 Å². The van der Waals surface area contributed by atoms with E-state index in [2.05, 4.69) is 20.4 Å². The summed E-state index contributed by atoms with van der Waals surface area (Å²) in [5.74, 6) is -0.148. The normalized spacial score (nSPS) is 15.7. The molecule has 0 aromatic carbocycles. The van der Waals surface area contributed by atoms with Crippen LogP contribution >= 0.6 is 0 Å². The minimum atomic E-state index is -4.54. The maximum Gasteiger partial charge on any atom is 0.420 e. The fraction of sp³-hybridized carbons (Fsp3) is 0.429. The Kier molecular flexibility index (Phi) is 4.01. The van der Waals surface area contributed by atoms with Crippen molar-refractivity contribution in [3.8, 4) is 11.4 Å². The van der Waals surface area contributed by atoms with Crippen LogP contribution in [0, 0.1) is 0 Å². The Morgan fingerprint density at radius 3 is 2.39 bits per heavy atom. The monoisotopic (exact) mass is 325 g/mol. The second-order valence-corrected chi connectivity index (χ2v) is 5.32. The average Bonchev–Trinajstić information content (AvgIpc) is 2.55. The first-order valence-corrected chi connectivity index (χ1v) is 7.21. The molecule has 1 aliphatic heterocycles. The second-order valence-electron chi connectivity index (χ2n) is 5.32. The lowest BCUT2D eigenvalue weighted by atomic mass is 10.1. The number of aromatic nitrogens is 4. The first-order chi connectivity index (χ1) is 10.9. The van der Waals surface area contributed by atoms with Gasteiger partial charge in [0.2, 0.25) is 0 Å². The van der Waals surface area contributed by atoms with Crippen LogP contribution in [-0.2, 0) is 6.18 Å². The number of halogens is 3. The highest BCUT2D eigenvalue weighted by Gasteiger charge is 2.37. The van der Waals surface area contributed by atoms with E-state index in [1.54, 1.807) is 4.90 Å². The molecule has 6 nitrogen and oxygen atoms in total. The van der Waals surface area contributed by atoms with Crippen molar-refractivity contribution in [3.63, 3.8) is 0 Å². The third kappa shape index (κ3) is 3.33. The van der Waals surface area contributed by atoms with Gasteiger partial charge in [-0.1, -0.05) is 0 Å². The van der Waals surface area contributed by atoms with Gasteiger partial charge in [-0.3, -0.25) is 4.79 Å². The molecular weight excluding hydrogens is 311 g/mol. The summed E-state index contributed by atoms with van der Waals surface area (Å²) >= 11 is 0. The highest BCUT2D eigenvalue weighted by Crippen LogP contribution is 2.37. The Hall–Kier alpha value is -2.45. The van der Waals surface area contributed by atoms with Gasteiger partial charge in [-0.2, -0.15) is 18.3 Å². The summed E-state index contributed by atoms with van der Waals surface area (Å²) in [5, 5.41) is 13.5. The molecule has 2 aromatic heterocycles. The van der Waals surface area contributed by atoms with Crippen molar-refractivity contribution >= 4 is 5.82 Å². The van der Waals surface area contributed by atoms with E-state index >= 15 is 0 Å². The SMILES string of the molecule is O=c1ccc(-c2cc(C(F)(F)F)c(N3CCCCC3)nn2)n[nH]1. The van der Waals surface area contributed by atoms with Crippen molar-refractivity contribution in [1.29, 1.82) is 0 Å². The van der Waals surface area contributed by atoms with E-state index in [4.69, 9.17) is 0 Å². The molecule has 0 atom stereocenters. The summed E-state index contributed by atoms with van der Waals surface area (Å²) in [7, 11) is 0. The predicted octanol–water partition coefficient (Wildman–Crippen LogP) is 2.24. The van der Waals surface area contributed by atoms with Crippen LogP contribution in [0.2, 0.25) is 0 Å². The molecule has 23 heavy (non-hydrogen) atoms. The molecule has 0 spiro atoms. The Bertz CT molecular complexity index is 732. The van der Waals surface area contributed by atoms with E-state index < -0.39 is 17.3 Å². The molecule has 0 aliphatic carbocycles. The lowest BCUT2D eigenvalue weighted by molar-refractivity contribution is -0.137. The molecule has 1 aliphatic rings. The van der Waals surface area contributed by atoms with E-state index in [1.807, 2.05) is 0 Å². The van der Waals surface area contributed by atoms with Gasteiger partial charge in [0.25, 0.3) is 5.56 Å². The van der Waals surface area contributed by atoms with Crippen molar-refractivity contribution in [3.05, 3.63) is 34.1 Å². The summed E-state index contributed by atoms with van der Waals surface area (Å²) in [6.45, 7) is 1.07. The van der Waals surface area contributed by atoms with Crippen LogP contribution in [0.4, 0.5) is 19.0 Å². The van der Waals surface area contributed by atoms with Gasteiger partial charge in [-0.25, -0.2) is 5.10 Å². The average molecular weight is 325 g/mol. The largest absolute Gasteiger partial charge is 0.420 e.